The average molecular weight is 550 g/mol. The molecule has 3 rings (SSSR count). The van der Waals surface area contributed by atoms with Crippen molar-refractivity contribution in [3.8, 4) is 0 Å². The number of carbonyl (C=O) groups is 3. The van der Waals surface area contributed by atoms with Crippen molar-refractivity contribution in [2.24, 2.45) is 10.9 Å². The number of rotatable bonds is 12. The van der Waals surface area contributed by atoms with Gasteiger partial charge < -0.3 is 14.2 Å². The highest BCUT2D eigenvalue weighted by Crippen LogP contribution is 2.35. The Morgan fingerprint density at radius 2 is 1.10 bits per heavy atom. The normalized spacial score (nSPS) is 12.2. The van der Waals surface area contributed by atoms with Crippen molar-refractivity contribution in [1.29, 1.82) is 0 Å². The van der Waals surface area contributed by atoms with E-state index in [2.05, 4.69) is 0 Å². The Morgan fingerprint density at radius 1 is 0.667 bits per heavy atom. The van der Waals surface area contributed by atoms with Gasteiger partial charge in [-0.15, -0.1) is 0 Å². The summed E-state index contributed by atoms with van der Waals surface area (Å²) in [4.78, 5) is 45.2. The Morgan fingerprint density at radius 3 is 1.54 bits per heavy atom. The quantitative estimate of drug-likeness (QED) is 0.126. The third kappa shape index (κ3) is 7.77. The van der Waals surface area contributed by atoms with Gasteiger partial charge in [0.15, 0.2) is 12.0 Å². The van der Waals surface area contributed by atoms with Crippen molar-refractivity contribution < 1.29 is 28.6 Å². The number of aliphatic imine (C=N–C) groups is 1. The van der Waals surface area contributed by atoms with E-state index in [4.69, 9.17) is 30.8 Å². The van der Waals surface area contributed by atoms with Crippen LogP contribution in [0.3, 0.4) is 0 Å². The Labute approximate surface area is 233 Å². The highest BCUT2D eigenvalue weighted by Gasteiger charge is 2.46. The van der Waals surface area contributed by atoms with Gasteiger partial charge in [0, 0.05) is 22.1 Å². The molecule has 0 heterocycles. The van der Waals surface area contributed by atoms with Crippen LogP contribution in [0.2, 0.25) is 5.02 Å². The van der Waals surface area contributed by atoms with E-state index in [9.17, 15) is 14.4 Å². The van der Waals surface area contributed by atoms with Crippen LogP contribution in [-0.4, -0.2) is 49.5 Å². The third-order valence-electron chi connectivity index (χ3n) is 5.93. The summed E-state index contributed by atoms with van der Waals surface area (Å²) in [6.07, 6.45) is 0. The molecule has 204 valence electrons. The number of ether oxygens (including phenoxy) is 3. The van der Waals surface area contributed by atoms with Crippen molar-refractivity contribution in [2.45, 2.75) is 32.7 Å². The predicted molar refractivity (Wildman–Crippen MR) is 150 cm³/mol. The van der Waals surface area contributed by atoms with E-state index in [1.54, 1.807) is 45.0 Å². The molecule has 8 heteroatoms. The summed E-state index contributed by atoms with van der Waals surface area (Å²) in [5, 5.41) is 0.451. The molecule has 0 aliphatic carbocycles. The SMILES string of the molecule is CCOC(=O)C(N=C(c1ccccc1)c1ccccc1)C(c1ccc(Cl)cc1)C(C(=O)OCC)C(=O)OCC. The lowest BCUT2D eigenvalue weighted by atomic mass is 9.80. The minimum absolute atomic E-state index is 0.0364. The van der Waals surface area contributed by atoms with E-state index in [0.29, 0.717) is 16.3 Å². The molecular formula is C31H32ClNO6. The zero-order valence-electron chi connectivity index (χ0n) is 22.2. The van der Waals surface area contributed by atoms with Gasteiger partial charge in [0.05, 0.1) is 25.5 Å². The van der Waals surface area contributed by atoms with Crippen LogP contribution in [-0.2, 0) is 28.6 Å². The topological polar surface area (TPSA) is 91.3 Å². The van der Waals surface area contributed by atoms with Crippen LogP contribution in [0.4, 0.5) is 0 Å². The summed E-state index contributed by atoms with van der Waals surface area (Å²) in [5.74, 6) is -4.93. The second-order valence-electron chi connectivity index (χ2n) is 8.47. The molecule has 0 aromatic heterocycles. The number of benzene rings is 3. The highest BCUT2D eigenvalue weighted by atomic mass is 35.5. The number of hydrogen-bond acceptors (Lipinski definition) is 7. The lowest BCUT2D eigenvalue weighted by Gasteiger charge is -2.29. The van der Waals surface area contributed by atoms with Crippen LogP contribution in [0.25, 0.3) is 0 Å². The first-order chi connectivity index (χ1) is 18.9. The number of esters is 3. The van der Waals surface area contributed by atoms with Gasteiger partial charge in [0.1, 0.15) is 0 Å². The van der Waals surface area contributed by atoms with E-state index < -0.39 is 35.8 Å². The fraction of sp³-hybridized carbons (Fsp3) is 0.290. The molecule has 0 radical (unpaired) electrons. The first-order valence-electron chi connectivity index (χ1n) is 12.8. The van der Waals surface area contributed by atoms with Gasteiger partial charge >= 0.3 is 17.9 Å². The minimum atomic E-state index is -1.49. The van der Waals surface area contributed by atoms with Gasteiger partial charge in [-0.05, 0) is 38.5 Å². The Hall–Kier alpha value is -3.97. The number of nitrogens with zero attached hydrogens (tertiary/aromatic N) is 1. The summed E-state index contributed by atoms with van der Waals surface area (Å²) < 4.78 is 16.0. The standard InChI is InChI=1S/C31H32ClNO6/c1-4-37-29(34)26(30(35)38-5-2)25(21-17-19-24(32)20-18-21)28(31(36)39-6-3)33-27(22-13-9-7-10-14-22)23-15-11-8-12-16-23/h7-20,25-26,28H,4-6H2,1-3H3. The molecule has 0 bridgehead atoms. The molecule has 7 nitrogen and oxygen atoms in total. The maximum Gasteiger partial charge on any atom is 0.331 e. The zero-order chi connectivity index (χ0) is 28.2. The van der Waals surface area contributed by atoms with Crippen molar-refractivity contribution in [1.82, 2.24) is 0 Å². The minimum Gasteiger partial charge on any atom is -0.465 e. The van der Waals surface area contributed by atoms with Crippen molar-refractivity contribution in [2.75, 3.05) is 19.8 Å². The van der Waals surface area contributed by atoms with Crippen molar-refractivity contribution in [3.05, 3.63) is 107 Å². The summed E-state index contributed by atoms with van der Waals surface area (Å²) in [6.45, 7) is 5.11. The van der Waals surface area contributed by atoms with E-state index in [-0.39, 0.29) is 19.8 Å². The van der Waals surface area contributed by atoms with Crippen LogP contribution in [0.1, 0.15) is 43.4 Å². The lowest BCUT2D eigenvalue weighted by molar-refractivity contribution is -0.163. The van der Waals surface area contributed by atoms with Crippen LogP contribution in [0, 0.1) is 5.92 Å². The molecule has 0 aliphatic heterocycles. The zero-order valence-corrected chi connectivity index (χ0v) is 23.0. The van der Waals surface area contributed by atoms with Gasteiger partial charge in [0.2, 0.25) is 0 Å². The molecule has 39 heavy (non-hydrogen) atoms. The fourth-order valence-corrected chi connectivity index (χ4v) is 4.38. The van der Waals surface area contributed by atoms with Gasteiger partial charge in [0.25, 0.3) is 0 Å². The van der Waals surface area contributed by atoms with E-state index >= 15 is 0 Å². The molecular weight excluding hydrogens is 518 g/mol. The maximum atomic E-state index is 13.6. The second kappa shape index (κ2) is 14.8. The summed E-state index contributed by atoms with van der Waals surface area (Å²) in [6, 6.07) is 24.0. The molecule has 0 fully saturated rings. The largest absolute Gasteiger partial charge is 0.465 e. The van der Waals surface area contributed by atoms with Crippen LogP contribution >= 0.6 is 11.6 Å². The average Bonchev–Trinajstić information content (AvgIpc) is 2.94. The Kier molecular flexibility index (Phi) is 11.3. The van der Waals surface area contributed by atoms with Gasteiger partial charge in [-0.3, -0.25) is 14.6 Å². The Balaban J connectivity index is 2.33. The number of carbonyl (C=O) groups excluding carboxylic acids is 3. The first kappa shape index (κ1) is 29.6. The molecule has 0 N–H and O–H groups in total. The van der Waals surface area contributed by atoms with Crippen LogP contribution in [0.5, 0.6) is 0 Å². The van der Waals surface area contributed by atoms with Crippen molar-refractivity contribution in [3.63, 3.8) is 0 Å². The number of halogens is 1. The van der Waals surface area contributed by atoms with Gasteiger partial charge in [-0.1, -0.05) is 84.4 Å². The fourth-order valence-electron chi connectivity index (χ4n) is 4.25. The smallest absolute Gasteiger partial charge is 0.331 e. The van der Waals surface area contributed by atoms with E-state index in [1.807, 2.05) is 60.7 Å². The molecule has 3 aromatic carbocycles. The Bertz CT molecular complexity index is 1200. The molecule has 3 aromatic rings. The second-order valence-corrected chi connectivity index (χ2v) is 8.90. The van der Waals surface area contributed by atoms with E-state index in [1.165, 1.54) is 0 Å². The molecule has 0 amide bonds. The van der Waals surface area contributed by atoms with Gasteiger partial charge in [-0.25, -0.2) is 4.79 Å². The molecule has 0 aliphatic rings. The molecule has 2 unspecified atom stereocenters. The molecule has 2 atom stereocenters. The van der Waals surface area contributed by atoms with Crippen molar-refractivity contribution >= 4 is 35.2 Å². The van der Waals surface area contributed by atoms with Gasteiger partial charge in [-0.2, -0.15) is 0 Å². The first-order valence-corrected chi connectivity index (χ1v) is 13.2. The number of hydrogen-bond donors (Lipinski definition) is 0. The molecule has 0 saturated carbocycles. The van der Waals surface area contributed by atoms with Crippen LogP contribution in [0.15, 0.2) is 89.9 Å². The molecule has 0 spiro atoms. The monoisotopic (exact) mass is 549 g/mol. The lowest BCUT2D eigenvalue weighted by Crippen LogP contribution is -2.42. The van der Waals surface area contributed by atoms with E-state index in [0.717, 1.165) is 11.1 Å². The molecule has 0 saturated heterocycles. The highest BCUT2D eigenvalue weighted by molar-refractivity contribution is 6.30. The summed E-state index contributed by atoms with van der Waals surface area (Å²) in [7, 11) is 0. The van der Waals surface area contributed by atoms with Crippen LogP contribution < -0.4 is 0 Å². The summed E-state index contributed by atoms with van der Waals surface area (Å²) >= 11 is 6.15. The summed E-state index contributed by atoms with van der Waals surface area (Å²) in [5.41, 5.74) is 2.47. The maximum absolute atomic E-state index is 13.6. The predicted octanol–water partition coefficient (Wildman–Crippen LogP) is 5.64. The third-order valence-corrected chi connectivity index (χ3v) is 6.18.